The summed E-state index contributed by atoms with van der Waals surface area (Å²) in [4.78, 5) is 23.2. The standard InChI is InChI=1S/C21H24ClFN4O2/c1-11-19-20(27(3)12(2)21(28)26-19)25-18(24-11)8-13-6-14(7-13)10-29-17-5-4-15(23)9-16(17)22/h4-5,9,12-14H,6-8,10H2,1-3H3,(H,26,28)/t12-,13?,14?/m0/s1. The lowest BCUT2D eigenvalue weighted by atomic mass is 9.73. The number of benzene rings is 1. The van der Waals surface area contributed by atoms with Crippen molar-refractivity contribution in [2.45, 2.75) is 39.2 Å². The molecule has 0 spiro atoms. The van der Waals surface area contributed by atoms with Crippen LogP contribution >= 0.6 is 11.6 Å². The van der Waals surface area contributed by atoms with Crippen LogP contribution < -0.4 is 15.0 Å². The highest BCUT2D eigenvalue weighted by atomic mass is 35.5. The highest BCUT2D eigenvalue weighted by molar-refractivity contribution is 6.32. The second kappa shape index (κ2) is 7.78. The maximum atomic E-state index is 13.1. The van der Waals surface area contributed by atoms with E-state index in [1.165, 1.54) is 12.1 Å². The van der Waals surface area contributed by atoms with Gasteiger partial charge in [-0.25, -0.2) is 14.4 Å². The van der Waals surface area contributed by atoms with Crippen LogP contribution in [-0.2, 0) is 11.2 Å². The Kier molecular flexibility index (Phi) is 5.34. The number of carbonyl (C=O) groups excluding carboxylic acids is 1. The second-order valence-electron chi connectivity index (χ2n) is 7.99. The topological polar surface area (TPSA) is 67.4 Å². The van der Waals surface area contributed by atoms with Crippen molar-refractivity contribution in [1.82, 2.24) is 9.97 Å². The van der Waals surface area contributed by atoms with Gasteiger partial charge in [-0.1, -0.05) is 11.6 Å². The fraction of sp³-hybridized carbons (Fsp3) is 0.476. The van der Waals surface area contributed by atoms with Crippen LogP contribution in [0.25, 0.3) is 0 Å². The molecule has 1 amide bonds. The molecule has 0 saturated heterocycles. The number of nitrogens with zero attached hydrogens (tertiary/aromatic N) is 3. The van der Waals surface area contributed by atoms with Gasteiger partial charge in [0.2, 0.25) is 5.91 Å². The van der Waals surface area contributed by atoms with Gasteiger partial charge in [-0.3, -0.25) is 4.79 Å². The Balaban J connectivity index is 1.34. The number of anilines is 2. The summed E-state index contributed by atoms with van der Waals surface area (Å²) in [6.07, 6.45) is 2.86. The van der Waals surface area contributed by atoms with Crippen LogP contribution in [0.5, 0.6) is 5.75 Å². The molecule has 2 heterocycles. The molecular weight excluding hydrogens is 395 g/mol. The van der Waals surface area contributed by atoms with E-state index >= 15 is 0 Å². The van der Waals surface area contributed by atoms with Crippen LogP contribution in [0.1, 0.15) is 31.3 Å². The summed E-state index contributed by atoms with van der Waals surface area (Å²) in [5.74, 6) is 2.65. The van der Waals surface area contributed by atoms with Gasteiger partial charge in [-0.15, -0.1) is 0 Å². The third kappa shape index (κ3) is 4.01. The lowest BCUT2D eigenvalue weighted by Crippen LogP contribution is -2.45. The monoisotopic (exact) mass is 418 g/mol. The zero-order valence-electron chi connectivity index (χ0n) is 16.7. The van der Waals surface area contributed by atoms with Crippen LogP contribution in [0.4, 0.5) is 15.9 Å². The van der Waals surface area contributed by atoms with E-state index in [9.17, 15) is 9.18 Å². The summed E-state index contributed by atoms with van der Waals surface area (Å²) >= 11 is 6.00. The summed E-state index contributed by atoms with van der Waals surface area (Å²) in [6.45, 7) is 4.33. The molecule has 4 rings (SSSR count). The Bertz CT molecular complexity index is 949. The number of ether oxygens (including phenoxy) is 1. The number of fused-ring (bicyclic) bond motifs is 1. The zero-order valence-corrected chi connectivity index (χ0v) is 17.5. The van der Waals surface area contributed by atoms with Crippen LogP contribution in [0, 0.1) is 24.6 Å². The first kappa shape index (κ1) is 19.9. The minimum absolute atomic E-state index is 0.0393. The van der Waals surface area contributed by atoms with Crippen molar-refractivity contribution in [2.75, 3.05) is 23.9 Å². The van der Waals surface area contributed by atoms with Gasteiger partial charge in [0.25, 0.3) is 0 Å². The van der Waals surface area contributed by atoms with Gasteiger partial charge < -0.3 is 15.0 Å². The molecule has 0 unspecified atom stereocenters. The van der Waals surface area contributed by atoms with Gasteiger partial charge in [0.05, 0.1) is 17.3 Å². The molecule has 1 N–H and O–H groups in total. The van der Waals surface area contributed by atoms with Gasteiger partial charge >= 0.3 is 0 Å². The summed E-state index contributed by atoms with van der Waals surface area (Å²) in [6, 6.07) is 3.92. The van der Waals surface area contributed by atoms with E-state index in [1.807, 2.05) is 25.8 Å². The highest BCUT2D eigenvalue weighted by Gasteiger charge is 2.33. The van der Waals surface area contributed by atoms with Crippen LogP contribution in [-0.4, -0.2) is 35.6 Å². The van der Waals surface area contributed by atoms with E-state index in [2.05, 4.69) is 10.3 Å². The van der Waals surface area contributed by atoms with Crippen molar-refractivity contribution < 1.29 is 13.9 Å². The number of amides is 1. The predicted molar refractivity (Wildman–Crippen MR) is 110 cm³/mol. The minimum atomic E-state index is -0.369. The Morgan fingerprint density at radius 2 is 2.07 bits per heavy atom. The molecule has 1 fully saturated rings. The molecule has 1 aromatic heterocycles. The molecule has 8 heteroatoms. The molecule has 0 bridgehead atoms. The number of hydrogen-bond donors (Lipinski definition) is 1. The van der Waals surface area contributed by atoms with Crippen molar-refractivity contribution >= 4 is 29.0 Å². The van der Waals surface area contributed by atoms with Crippen LogP contribution in [0.3, 0.4) is 0 Å². The number of aromatic nitrogens is 2. The predicted octanol–water partition coefficient (Wildman–Crippen LogP) is 4.00. The van der Waals surface area contributed by atoms with Crippen molar-refractivity contribution in [3.63, 3.8) is 0 Å². The van der Waals surface area contributed by atoms with Crippen molar-refractivity contribution in [3.05, 3.63) is 40.6 Å². The van der Waals surface area contributed by atoms with E-state index in [1.54, 1.807) is 6.07 Å². The Morgan fingerprint density at radius 3 is 2.79 bits per heavy atom. The van der Waals surface area contributed by atoms with Gasteiger partial charge in [0, 0.05) is 13.5 Å². The van der Waals surface area contributed by atoms with E-state index in [4.69, 9.17) is 21.3 Å². The van der Waals surface area contributed by atoms with Crippen molar-refractivity contribution in [2.24, 2.45) is 11.8 Å². The Hall–Kier alpha value is -2.41. The van der Waals surface area contributed by atoms with Crippen molar-refractivity contribution in [3.8, 4) is 5.75 Å². The Morgan fingerprint density at radius 1 is 1.31 bits per heavy atom. The van der Waals surface area contributed by atoms with Gasteiger partial charge in [0.1, 0.15) is 29.1 Å². The van der Waals surface area contributed by atoms with Crippen LogP contribution in [0.15, 0.2) is 18.2 Å². The third-order valence-corrected chi connectivity index (χ3v) is 6.13. The SMILES string of the molecule is Cc1nc(CC2CC(COc3ccc(F)cc3Cl)C2)nc2c1NC(=O)[C@H](C)N2C. The molecule has 1 saturated carbocycles. The number of aryl methyl sites for hydroxylation is 1. The minimum Gasteiger partial charge on any atom is -0.492 e. The first-order chi connectivity index (χ1) is 13.8. The lowest BCUT2D eigenvalue weighted by molar-refractivity contribution is -0.117. The zero-order chi connectivity index (χ0) is 20.7. The fourth-order valence-electron chi connectivity index (χ4n) is 3.93. The number of carbonyl (C=O) groups is 1. The summed E-state index contributed by atoms with van der Waals surface area (Å²) in [5, 5.41) is 3.20. The number of halogens is 2. The molecular formula is C21H24ClFN4O2. The number of rotatable bonds is 5. The second-order valence-corrected chi connectivity index (χ2v) is 8.40. The molecule has 1 aromatic carbocycles. The molecule has 6 nitrogen and oxygen atoms in total. The molecule has 0 radical (unpaired) electrons. The quantitative estimate of drug-likeness (QED) is 0.794. The lowest BCUT2D eigenvalue weighted by Gasteiger charge is -2.36. The van der Waals surface area contributed by atoms with E-state index in [0.29, 0.717) is 34.9 Å². The van der Waals surface area contributed by atoms with E-state index in [-0.39, 0.29) is 17.8 Å². The van der Waals surface area contributed by atoms with E-state index < -0.39 is 0 Å². The largest absolute Gasteiger partial charge is 0.492 e. The molecule has 1 aliphatic heterocycles. The normalized spacial score (nSPS) is 23.3. The molecule has 154 valence electrons. The first-order valence-electron chi connectivity index (χ1n) is 9.81. The van der Waals surface area contributed by atoms with Gasteiger partial charge in [-0.05, 0) is 56.7 Å². The molecule has 1 atom stereocenters. The van der Waals surface area contributed by atoms with Crippen molar-refractivity contribution in [1.29, 1.82) is 0 Å². The first-order valence-corrected chi connectivity index (χ1v) is 10.2. The maximum Gasteiger partial charge on any atom is 0.246 e. The smallest absolute Gasteiger partial charge is 0.246 e. The molecule has 2 aliphatic rings. The molecule has 2 aromatic rings. The molecule has 1 aliphatic carbocycles. The highest BCUT2D eigenvalue weighted by Crippen LogP contribution is 2.38. The maximum absolute atomic E-state index is 13.1. The van der Waals surface area contributed by atoms with Crippen LogP contribution in [0.2, 0.25) is 5.02 Å². The van der Waals surface area contributed by atoms with Gasteiger partial charge in [0.15, 0.2) is 5.82 Å². The summed E-state index contributed by atoms with van der Waals surface area (Å²) in [7, 11) is 1.88. The number of nitrogens with one attached hydrogen (secondary N) is 1. The third-order valence-electron chi connectivity index (χ3n) is 5.83. The average molecular weight is 419 g/mol. The van der Waals surface area contributed by atoms with Gasteiger partial charge in [-0.2, -0.15) is 0 Å². The van der Waals surface area contributed by atoms with E-state index in [0.717, 1.165) is 36.6 Å². The number of likely N-dealkylation sites (N-methyl/N-ethyl adjacent to an activating group) is 1. The molecule has 29 heavy (non-hydrogen) atoms. The Labute approximate surface area is 174 Å². The summed E-state index contributed by atoms with van der Waals surface area (Å²) < 4.78 is 18.9. The summed E-state index contributed by atoms with van der Waals surface area (Å²) in [5.41, 5.74) is 1.50. The average Bonchev–Trinajstić information content (AvgIpc) is 2.64. The number of hydrogen-bond acceptors (Lipinski definition) is 5. The fourth-order valence-corrected chi connectivity index (χ4v) is 4.15.